The summed E-state index contributed by atoms with van der Waals surface area (Å²) in [6.07, 6.45) is 2.70. The summed E-state index contributed by atoms with van der Waals surface area (Å²) in [5.41, 5.74) is 2.37. The van der Waals surface area contributed by atoms with Crippen LogP contribution in [0.15, 0.2) is 48.7 Å². The molecule has 1 aliphatic rings. The highest BCUT2D eigenvalue weighted by Crippen LogP contribution is 2.32. The second-order valence-electron chi connectivity index (χ2n) is 5.84. The van der Waals surface area contributed by atoms with Crippen LogP contribution < -0.4 is 14.8 Å². The molecule has 0 saturated carbocycles. The zero-order valence-corrected chi connectivity index (χ0v) is 13.4. The maximum atomic E-state index is 12.7. The molecule has 3 aromatic rings. The zero-order valence-electron chi connectivity index (χ0n) is 13.4. The predicted octanol–water partition coefficient (Wildman–Crippen LogP) is 3.59. The Bertz CT molecular complexity index is 914. The van der Waals surface area contributed by atoms with Gasteiger partial charge in [0.15, 0.2) is 11.5 Å². The van der Waals surface area contributed by atoms with Gasteiger partial charge in [0.25, 0.3) is 5.91 Å². The van der Waals surface area contributed by atoms with Crippen LogP contribution in [0.5, 0.6) is 11.5 Å². The molecule has 0 fully saturated rings. The molecule has 1 aliphatic heterocycles. The molecule has 0 radical (unpaired) electrons. The molecule has 122 valence electrons. The van der Waals surface area contributed by atoms with E-state index in [4.69, 9.17) is 9.47 Å². The van der Waals surface area contributed by atoms with Gasteiger partial charge in [-0.25, -0.2) is 0 Å². The van der Waals surface area contributed by atoms with Gasteiger partial charge in [0, 0.05) is 42.3 Å². The van der Waals surface area contributed by atoms with Gasteiger partial charge >= 0.3 is 0 Å². The van der Waals surface area contributed by atoms with Crippen LogP contribution in [0.1, 0.15) is 16.8 Å². The minimum absolute atomic E-state index is 0.138. The molecular weight excluding hydrogens is 304 g/mol. The quantitative estimate of drug-likeness (QED) is 0.784. The molecule has 0 atom stereocenters. The lowest BCUT2D eigenvalue weighted by molar-refractivity contribution is 0.102. The topological polar surface area (TPSA) is 52.5 Å². The first-order valence-electron chi connectivity index (χ1n) is 7.97. The van der Waals surface area contributed by atoms with Gasteiger partial charge < -0.3 is 19.4 Å². The summed E-state index contributed by atoms with van der Waals surface area (Å²) >= 11 is 0. The molecular formula is C19H18N2O3. The summed E-state index contributed by atoms with van der Waals surface area (Å²) in [6.45, 7) is 1.27. The van der Waals surface area contributed by atoms with E-state index < -0.39 is 0 Å². The molecule has 0 spiro atoms. The number of hydrogen-bond donors (Lipinski definition) is 1. The summed E-state index contributed by atoms with van der Waals surface area (Å²) in [6, 6.07) is 13.3. The number of nitrogens with zero attached hydrogens (tertiary/aromatic N) is 1. The van der Waals surface area contributed by atoms with Gasteiger partial charge in [0.1, 0.15) is 0 Å². The van der Waals surface area contributed by atoms with Crippen molar-refractivity contribution in [3.8, 4) is 11.5 Å². The van der Waals surface area contributed by atoms with Crippen LogP contribution in [0, 0.1) is 0 Å². The molecule has 5 nitrogen and oxygen atoms in total. The van der Waals surface area contributed by atoms with Gasteiger partial charge in [-0.3, -0.25) is 4.79 Å². The Morgan fingerprint density at radius 3 is 2.75 bits per heavy atom. The second-order valence-corrected chi connectivity index (χ2v) is 5.84. The van der Waals surface area contributed by atoms with E-state index in [-0.39, 0.29) is 5.91 Å². The van der Waals surface area contributed by atoms with Crippen LogP contribution in [-0.2, 0) is 7.05 Å². The van der Waals surface area contributed by atoms with E-state index in [9.17, 15) is 4.79 Å². The maximum absolute atomic E-state index is 12.7. The number of para-hydroxylation sites is 1. The Morgan fingerprint density at radius 1 is 1.08 bits per heavy atom. The first kappa shape index (κ1) is 14.6. The SMILES string of the molecule is Cn1cc(C(=O)Nc2ccc3c(c2)OCCCO3)c2ccccc21. The summed E-state index contributed by atoms with van der Waals surface area (Å²) in [5.74, 6) is 1.25. The summed E-state index contributed by atoms with van der Waals surface area (Å²) in [7, 11) is 1.94. The molecule has 1 amide bonds. The average molecular weight is 322 g/mol. The van der Waals surface area contributed by atoms with E-state index in [2.05, 4.69) is 5.32 Å². The third-order valence-electron chi connectivity index (χ3n) is 4.15. The van der Waals surface area contributed by atoms with Gasteiger partial charge in [-0.05, 0) is 18.2 Å². The van der Waals surface area contributed by atoms with Crippen molar-refractivity contribution >= 4 is 22.5 Å². The molecule has 4 rings (SSSR count). The molecule has 0 aliphatic carbocycles. The fourth-order valence-electron chi connectivity index (χ4n) is 2.96. The number of carbonyl (C=O) groups is 1. The Morgan fingerprint density at radius 2 is 1.88 bits per heavy atom. The minimum atomic E-state index is -0.138. The highest BCUT2D eigenvalue weighted by Gasteiger charge is 2.16. The van der Waals surface area contributed by atoms with E-state index in [1.165, 1.54) is 0 Å². The number of ether oxygens (including phenoxy) is 2. The smallest absolute Gasteiger partial charge is 0.257 e. The molecule has 2 aromatic carbocycles. The van der Waals surface area contributed by atoms with Gasteiger partial charge in [-0.1, -0.05) is 18.2 Å². The number of anilines is 1. The monoisotopic (exact) mass is 322 g/mol. The number of aryl methyl sites for hydroxylation is 1. The van der Waals surface area contributed by atoms with Crippen molar-refractivity contribution in [3.63, 3.8) is 0 Å². The van der Waals surface area contributed by atoms with Crippen molar-refractivity contribution < 1.29 is 14.3 Å². The van der Waals surface area contributed by atoms with Crippen molar-refractivity contribution in [2.45, 2.75) is 6.42 Å². The molecule has 0 saturated heterocycles. The number of rotatable bonds is 2. The zero-order chi connectivity index (χ0) is 16.5. The lowest BCUT2D eigenvalue weighted by Gasteiger charge is -2.10. The third-order valence-corrected chi connectivity index (χ3v) is 4.15. The van der Waals surface area contributed by atoms with Crippen LogP contribution >= 0.6 is 0 Å². The molecule has 2 heterocycles. The van der Waals surface area contributed by atoms with Crippen molar-refractivity contribution in [2.75, 3.05) is 18.5 Å². The van der Waals surface area contributed by atoms with Crippen molar-refractivity contribution in [1.82, 2.24) is 4.57 Å². The second kappa shape index (κ2) is 5.92. The van der Waals surface area contributed by atoms with Crippen LogP contribution in [-0.4, -0.2) is 23.7 Å². The van der Waals surface area contributed by atoms with Crippen LogP contribution in [0.4, 0.5) is 5.69 Å². The summed E-state index contributed by atoms with van der Waals surface area (Å²) in [5, 5.41) is 3.88. The number of benzene rings is 2. The van der Waals surface area contributed by atoms with Gasteiger partial charge in [-0.2, -0.15) is 0 Å². The van der Waals surface area contributed by atoms with Crippen molar-refractivity contribution in [3.05, 3.63) is 54.2 Å². The molecule has 5 heteroatoms. The maximum Gasteiger partial charge on any atom is 0.257 e. The molecule has 0 unspecified atom stereocenters. The molecule has 24 heavy (non-hydrogen) atoms. The first-order chi connectivity index (χ1) is 11.7. The number of fused-ring (bicyclic) bond motifs is 2. The van der Waals surface area contributed by atoms with Crippen LogP contribution in [0.25, 0.3) is 10.9 Å². The average Bonchev–Trinajstić information content (AvgIpc) is 2.78. The number of aromatic nitrogens is 1. The van der Waals surface area contributed by atoms with E-state index in [0.717, 1.165) is 23.1 Å². The number of nitrogens with one attached hydrogen (secondary N) is 1. The largest absolute Gasteiger partial charge is 0.490 e. The molecule has 0 bridgehead atoms. The molecule has 1 aromatic heterocycles. The van der Waals surface area contributed by atoms with Crippen molar-refractivity contribution in [1.29, 1.82) is 0 Å². The Kier molecular flexibility index (Phi) is 3.61. The minimum Gasteiger partial charge on any atom is -0.490 e. The van der Waals surface area contributed by atoms with E-state index in [0.29, 0.717) is 30.2 Å². The van der Waals surface area contributed by atoms with Crippen LogP contribution in [0.3, 0.4) is 0 Å². The van der Waals surface area contributed by atoms with Crippen LogP contribution in [0.2, 0.25) is 0 Å². The lowest BCUT2D eigenvalue weighted by atomic mass is 10.1. The highest BCUT2D eigenvalue weighted by atomic mass is 16.5. The molecule has 1 N–H and O–H groups in total. The lowest BCUT2D eigenvalue weighted by Crippen LogP contribution is -2.11. The Labute approximate surface area is 139 Å². The van der Waals surface area contributed by atoms with Gasteiger partial charge in [-0.15, -0.1) is 0 Å². The van der Waals surface area contributed by atoms with Gasteiger partial charge in [0.05, 0.1) is 18.8 Å². The van der Waals surface area contributed by atoms with E-state index in [1.807, 2.05) is 60.3 Å². The summed E-state index contributed by atoms with van der Waals surface area (Å²) < 4.78 is 13.2. The third kappa shape index (κ3) is 2.58. The van der Waals surface area contributed by atoms with Gasteiger partial charge in [0.2, 0.25) is 0 Å². The number of amides is 1. The first-order valence-corrected chi connectivity index (χ1v) is 7.97. The fraction of sp³-hybridized carbons (Fsp3) is 0.211. The van der Waals surface area contributed by atoms with Crippen molar-refractivity contribution in [2.24, 2.45) is 7.05 Å². The van der Waals surface area contributed by atoms with E-state index in [1.54, 1.807) is 0 Å². The Balaban J connectivity index is 1.63. The Hall–Kier alpha value is -2.95. The number of carbonyl (C=O) groups excluding carboxylic acids is 1. The van der Waals surface area contributed by atoms with E-state index >= 15 is 0 Å². The fourth-order valence-corrected chi connectivity index (χ4v) is 2.96. The normalized spacial score (nSPS) is 13.5. The highest BCUT2D eigenvalue weighted by molar-refractivity contribution is 6.13. The standard InChI is InChI=1S/C19H18N2O3/c1-21-12-15(14-5-2-3-6-16(14)21)19(22)20-13-7-8-17-18(11-13)24-10-4-9-23-17/h2-3,5-8,11-12H,4,9-10H2,1H3,(H,20,22). The predicted molar refractivity (Wildman–Crippen MR) is 92.9 cm³/mol. The summed E-state index contributed by atoms with van der Waals surface area (Å²) in [4.78, 5) is 12.7. The number of hydrogen-bond acceptors (Lipinski definition) is 3.